The van der Waals surface area contributed by atoms with Gasteiger partial charge in [0.2, 0.25) is 5.88 Å². The molecule has 66 valence electrons. The van der Waals surface area contributed by atoms with Crippen LogP contribution in [-0.4, -0.2) is 17.1 Å². The molecule has 1 heterocycles. The van der Waals surface area contributed by atoms with Gasteiger partial charge in [-0.3, -0.25) is 0 Å². The molecule has 0 aliphatic carbocycles. The van der Waals surface area contributed by atoms with Gasteiger partial charge in [0, 0.05) is 12.0 Å². The van der Waals surface area contributed by atoms with E-state index in [1.54, 1.807) is 13.2 Å². The molecule has 0 saturated carbocycles. The molecule has 0 amide bonds. The Morgan fingerprint density at radius 2 is 2.08 bits per heavy atom. The summed E-state index contributed by atoms with van der Waals surface area (Å²) in [5.74, 6) is 1.48. The molecule has 1 aromatic rings. The Hall–Kier alpha value is -0.830. The van der Waals surface area contributed by atoms with Crippen molar-refractivity contribution in [3.05, 3.63) is 17.0 Å². The third kappa shape index (κ3) is 2.08. The Balaban J connectivity index is 3.06. The smallest absolute Gasteiger partial charge is 0.217 e. The van der Waals surface area contributed by atoms with Gasteiger partial charge in [0.05, 0.1) is 7.11 Å². The molecule has 1 rings (SSSR count). The number of methoxy groups -OCH3 is 1. The van der Waals surface area contributed by atoms with Crippen LogP contribution in [0.15, 0.2) is 6.07 Å². The number of nitrogens with zero attached hydrogens (tertiary/aromatic N) is 2. The summed E-state index contributed by atoms with van der Waals surface area (Å²) in [4.78, 5) is 8.19. The summed E-state index contributed by atoms with van der Waals surface area (Å²) >= 11 is 5.74. The van der Waals surface area contributed by atoms with Crippen LogP contribution in [0.1, 0.15) is 25.6 Å². The summed E-state index contributed by atoms with van der Waals surface area (Å²) in [5.41, 5.74) is 0. The SMILES string of the molecule is COc1cc(Cl)nc(C(C)C)n1. The van der Waals surface area contributed by atoms with E-state index in [2.05, 4.69) is 9.97 Å². The first kappa shape index (κ1) is 9.26. The quantitative estimate of drug-likeness (QED) is 0.665. The number of rotatable bonds is 2. The van der Waals surface area contributed by atoms with E-state index < -0.39 is 0 Å². The summed E-state index contributed by atoms with van der Waals surface area (Å²) in [6.45, 7) is 4.01. The van der Waals surface area contributed by atoms with Crippen LogP contribution in [0.25, 0.3) is 0 Å². The fourth-order valence-electron chi connectivity index (χ4n) is 0.777. The zero-order chi connectivity index (χ0) is 9.14. The van der Waals surface area contributed by atoms with E-state index in [4.69, 9.17) is 16.3 Å². The van der Waals surface area contributed by atoms with Gasteiger partial charge in [0.15, 0.2) is 0 Å². The van der Waals surface area contributed by atoms with Crippen LogP contribution in [0.3, 0.4) is 0 Å². The van der Waals surface area contributed by atoms with E-state index in [9.17, 15) is 0 Å². The topological polar surface area (TPSA) is 35.0 Å². The fourth-order valence-corrected chi connectivity index (χ4v) is 0.956. The number of aromatic nitrogens is 2. The van der Waals surface area contributed by atoms with Gasteiger partial charge in [-0.1, -0.05) is 25.4 Å². The maximum atomic E-state index is 5.74. The van der Waals surface area contributed by atoms with Crippen molar-refractivity contribution in [3.8, 4) is 5.88 Å². The van der Waals surface area contributed by atoms with E-state index in [0.717, 1.165) is 0 Å². The molecule has 1 aromatic heterocycles. The number of ether oxygens (including phenoxy) is 1. The van der Waals surface area contributed by atoms with Crippen LogP contribution in [-0.2, 0) is 0 Å². The van der Waals surface area contributed by atoms with Gasteiger partial charge < -0.3 is 4.74 Å². The Morgan fingerprint density at radius 3 is 2.58 bits per heavy atom. The number of hydrogen-bond acceptors (Lipinski definition) is 3. The Labute approximate surface area is 76.7 Å². The number of hydrogen-bond donors (Lipinski definition) is 0. The molecule has 0 N–H and O–H groups in total. The molecule has 4 heteroatoms. The lowest BCUT2D eigenvalue weighted by Gasteiger charge is -2.05. The normalized spacial score (nSPS) is 10.4. The molecule has 0 radical (unpaired) electrons. The van der Waals surface area contributed by atoms with Crippen molar-refractivity contribution in [2.24, 2.45) is 0 Å². The molecule has 0 aliphatic heterocycles. The van der Waals surface area contributed by atoms with Crippen molar-refractivity contribution in [3.63, 3.8) is 0 Å². The van der Waals surface area contributed by atoms with Gasteiger partial charge >= 0.3 is 0 Å². The lowest BCUT2D eigenvalue weighted by molar-refractivity contribution is 0.394. The second kappa shape index (κ2) is 3.72. The van der Waals surface area contributed by atoms with Crippen LogP contribution in [0.5, 0.6) is 5.88 Å². The second-order valence-electron chi connectivity index (χ2n) is 2.75. The largest absolute Gasteiger partial charge is 0.481 e. The van der Waals surface area contributed by atoms with Gasteiger partial charge in [-0.25, -0.2) is 4.98 Å². The number of halogens is 1. The average Bonchev–Trinajstić information content (AvgIpc) is 2.03. The van der Waals surface area contributed by atoms with Gasteiger partial charge in [-0.2, -0.15) is 4.98 Å². The van der Waals surface area contributed by atoms with E-state index >= 15 is 0 Å². The van der Waals surface area contributed by atoms with Crippen molar-refractivity contribution in [1.29, 1.82) is 0 Å². The summed E-state index contributed by atoms with van der Waals surface area (Å²) in [7, 11) is 1.56. The highest BCUT2D eigenvalue weighted by Gasteiger charge is 2.06. The molecule has 0 fully saturated rings. The Bertz CT molecular complexity index is 276. The van der Waals surface area contributed by atoms with E-state index in [1.165, 1.54) is 0 Å². The minimum absolute atomic E-state index is 0.262. The maximum absolute atomic E-state index is 5.74. The van der Waals surface area contributed by atoms with Crippen LogP contribution >= 0.6 is 11.6 Å². The van der Waals surface area contributed by atoms with E-state index in [1.807, 2.05) is 13.8 Å². The average molecular weight is 187 g/mol. The summed E-state index contributed by atoms with van der Waals surface area (Å²) in [6, 6.07) is 1.59. The lowest BCUT2D eigenvalue weighted by Crippen LogP contribution is -1.99. The van der Waals surface area contributed by atoms with Gasteiger partial charge in [0.25, 0.3) is 0 Å². The zero-order valence-corrected chi connectivity index (χ0v) is 8.09. The first-order valence-corrected chi connectivity index (χ1v) is 4.09. The molecule has 0 aliphatic rings. The summed E-state index contributed by atoms with van der Waals surface area (Å²) in [6.07, 6.45) is 0. The first-order valence-electron chi connectivity index (χ1n) is 3.72. The van der Waals surface area contributed by atoms with Crippen molar-refractivity contribution in [2.75, 3.05) is 7.11 Å². The lowest BCUT2D eigenvalue weighted by atomic mass is 10.2. The second-order valence-corrected chi connectivity index (χ2v) is 3.13. The van der Waals surface area contributed by atoms with Gasteiger partial charge in [-0.15, -0.1) is 0 Å². The van der Waals surface area contributed by atoms with Gasteiger partial charge in [-0.05, 0) is 0 Å². The molecule has 3 nitrogen and oxygen atoms in total. The van der Waals surface area contributed by atoms with Crippen molar-refractivity contribution in [1.82, 2.24) is 9.97 Å². The van der Waals surface area contributed by atoms with Crippen molar-refractivity contribution < 1.29 is 4.74 Å². The molecular weight excluding hydrogens is 176 g/mol. The highest BCUT2D eigenvalue weighted by molar-refractivity contribution is 6.29. The maximum Gasteiger partial charge on any atom is 0.217 e. The van der Waals surface area contributed by atoms with Crippen LogP contribution in [0.2, 0.25) is 5.15 Å². The summed E-state index contributed by atoms with van der Waals surface area (Å²) < 4.78 is 4.95. The minimum atomic E-state index is 0.262. The Kier molecular flexibility index (Phi) is 2.87. The van der Waals surface area contributed by atoms with E-state index in [0.29, 0.717) is 16.9 Å². The summed E-state index contributed by atoms with van der Waals surface area (Å²) in [5, 5.41) is 0.422. The Morgan fingerprint density at radius 1 is 1.42 bits per heavy atom. The molecule has 0 atom stereocenters. The van der Waals surface area contributed by atoms with Crippen molar-refractivity contribution >= 4 is 11.6 Å². The molecule has 0 spiro atoms. The molecule has 0 saturated heterocycles. The van der Waals surface area contributed by atoms with Crippen LogP contribution in [0.4, 0.5) is 0 Å². The van der Waals surface area contributed by atoms with E-state index in [-0.39, 0.29) is 5.92 Å². The van der Waals surface area contributed by atoms with Crippen LogP contribution in [0, 0.1) is 0 Å². The standard InChI is InChI=1S/C8H11ClN2O/c1-5(2)8-10-6(9)4-7(11-8)12-3/h4-5H,1-3H3. The zero-order valence-electron chi connectivity index (χ0n) is 7.34. The monoisotopic (exact) mass is 186 g/mol. The molecular formula is C8H11ClN2O. The first-order chi connectivity index (χ1) is 5.63. The molecule has 0 aromatic carbocycles. The molecule has 0 bridgehead atoms. The third-order valence-electron chi connectivity index (χ3n) is 1.41. The van der Waals surface area contributed by atoms with Crippen LogP contribution < -0.4 is 4.74 Å². The molecule has 0 unspecified atom stereocenters. The third-order valence-corrected chi connectivity index (χ3v) is 1.61. The predicted molar refractivity (Wildman–Crippen MR) is 47.7 cm³/mol. The molecule has 12 heavy (non-hydrogen) atoms. The van der Waals surface area contributed by atoms with Crippen molar-refractivity contribution in [2.45, 2.75) is 19.8 Å². The highest BCUT2D eigenvalue weighted by Crippen LogP contribution is 2.17. The highest BCUT2D eigenvalue weighted by atomic mass is 35.5. The van der Waals surface area contributed by atoms with Gasteiger partial charge in [0.1, 0.15) is 11.0 Å². The fraction of sp³-hybridized carbons (Fsp3) is 0.500. The predicted octanol–water partition coefficient (Wildman–Crippen LogP) is 2.26. The minimum Gasteiger partial charge on any atom is -0.481 e.